The molecule has 0 aromatic carbocycles. The molecule has 1 aliphatic heterocycles. The van der Waals surface area contributed by atoms with E-state index in [1.807, 2.05) is 27.7 Å². The Bertz CT molecular complexity index is 600. The molecule has 22 heavy (non-hydrogen) atoms. The van der Waals surface area contributed by atoms with Gasteiger partial charge in [0.15, 0.2) is 0 Å². The van der Waals surface area contributed by atoms with Crippen LogP contribution >= 0.6 is 23.7 Å². The SMILES string of the molecule is Cc1cc(S(=O)(=O)N2CCN(CC(C)(C)N)CC2)c(C)s1.Cl. The fourth-order valence-electron chi connectivity index (χ4n) is 2.71. The molecule has 0 atom stereocenters. The maximum Gasteiger partial charge on any atom is 0.244 e. The van der Waals surface area contributed by atoms with Crippen molar-refractivity contribution in [3.05, 3.63) is 15.8 Å². The maximum absolute atomic E-state index is 12.7. The summed E-state index contributed by atoms with van der Waals surface area (Å²) in [5, 5.41) is 0. The van der Waals surface area contributed by atoms with Gasteiger partial charge in [0.05, 0.1) is 4.90 Å². The van der Waals surface area contributed by atoms with E-state index >= 15 is 0 Å². The topological polar surface area (TPSA) is 66.6 Å². The number of nitrogens with zero attached hydrogens (tertiary/aromatic N) is 2. The first-order chi connectivity index (χ1) is 9.59. The Morgan fingerprint density at radius 1 is 1.23 bits per heavy atom. The summed E-state index contributed by atoms with van der Waals surface area (Å²) in [5.41, 5.74) is 5.78. The van der Waals surface area contributed by atoms with E-state index in [1.165, 1.54) is 11.3 Å². The molecule has 2 N–H and O–H groups in total. The molecule has 2 rings (SSSR count). The van der Waals surface area contributed by atoms with Crippen LogP contribution in [0.1, 0.15) is 23.6 Å². The van der Waals surface area contributed by atoms with Crippen molar-refractivity contribution in [2.75, 3.05) is 32.7 Å². The van der Waals surface area contributed by atoms with Gasteiger partial charge in [0.1, 0.15) is 0 Å². The molecular weight excluding hydrogens is 342 g/mol. The highest BCUT2D eigenvalue weighted by Gasteiger charge is 2.31. The lowest BCUT2D eigenvalue weighted by atomic mass is 10.1. The van der Waals surface area contributed by atoms with E-state index in [0.717, 1.165) is 29.4 Å². The average molecular weight is 368 g/mol. The van der Waals surface area contributed by atoms with E-state index in [0.29, 0.717) is 18.0 Å². The quantitative estimate of drug-likeness (QED) is 0.881. The highest BCUT2D eigenvalue weighted by atomic mass is 35.5. The van der Waals surface area contributed by atoms with Gasteiger partial charge in [-0.3, -0.25) is 4.90 Å². The fourth-order valence-corrected chi connectivity index (χ4v) is 5.65. The van der Waals surface area contributed by atoms with Gasteiger partial charge in [0.25, 0.3) is 0 Å². The molecule has 0 spiro atoms. The summed E-state index contributed by atoms with van der Waals surface area (Å²) in [6, 6.07) is 1.78. The van der Waals surface area contributed by atoms with Crippen molar-refractivity contribution in [3.8, 4) is 0 Å². The maximum atomic E-state index is 12.7. The summed E-state index contributed by atoms with van der Waals surface area (Å²) in [4.78, 5) is 4.61. The van der Waals surface area contributed by atoms with Gasteiger partial charge in [-0.05, 0) is 33.8 Å². The third-order valence-corrected chi connectivity index (χ3v) is 6.70. The third-order valence-electron chi connectivity index (χ3n) is 3.58. The standard InChI is InChI=1S/C14H25N3O2S2.ClH/c1-11-9-13(12(2)20-11)21(18,19)17-7-5-16(6-8-17)10-14(3,4)15;/h9H,5-8,10,15H2,1-4H3;1H. The number of piperazine rings is 1. The molecule has 0 saturated carbocycles. The lowest BCUT2D eigenvalue weighted by Gasteiger charge is -2.37. The van der Waals surface area contributed by atoms with E-state index < -0.39 is 10.0 Å². The van der Waals surface area contributed by atoms with Crippen molar-refractivity contribution in [1.29, 1.82) is 0 Å². The number of aryl methyl sites for hydroxylation is 2. The number of hydrogen-bond donors (Lipinski definition) is 1. The molecular formula is C14H26ClN3O2S2. The predicted molar refractivity (Wildman–Crippen MR) is 94.5 cm³/mol. The Balaban J connectivity index is 0.00000242. The van der Waals surface area contributed by atoms with Crippen molar-refractivity contribution in [1.82, 2.24) is 9.21 Å². The zero-order valence-corrected chi connectivity index (χ0v) is 16.1. The molecule has 1 aliphatic rings. The molecule has 2 heterocycles. The van der Waals surface area contributed by atoms with Crippen LogP contribution < -0.4 is 5.73 Å². The van der Waals surface area contributed by atoms with Gasteiger partial charge in [-0.25, -0.2) is 8.42 Å². The summed E-state index contributed by atoms with van der Waals surface area (Å²) in [6.45, 7) is 11.1. The van der Waals surface area contributed by atoms with Crippen molar-refractivity contribution in [2.24, 2.45) is 5.73 Å². The van der Waals surface area contributed by atoms with E-state index in [2.05, 4.69) is 4.90 Å². The zero-order chi connectivity index (χ0) is 15.8. The minimum atomic E-state index is -3.35. The highest BCUT2D eigenvalue weighted by molar-refractivity contribution is 7.89. The molecule has 0 bridgehead atoms. The summed E-state index contributed by atoms with van der Waals surface area (Å²) in [5.74, 6) is 0. The molecule has 1 aromatic heterocycles. The van der Waals surface area contributed by atoms with Crippen LogP contribution in [0.3, 0.4) is 0 Å². The van der Waals surface area contributed by atoms with Gasteiger partial charge >= 0.3 is 0 Å². The molecule has 0 aliphatic carbocycles. The zero-order valence-electron chi connectivity index (χ0n) is 13.6. The van der Waals surface area contributed by atoms with Crippen LogP contribution in [0.15, 0.2) is 11.0 Å². The second kappa shape index (κ2) is 7.15. The Hall–Kier alpha value is -0.180. The second-order valence-corrected chi connectivity index (χ2v) is 9.81. The minimum absolute atomic E-state index is 0. The summed E-state index contributed by atoms with van der Waals surface area (Å²) in [7, 11) is -3.35. The second-order valence-electron chi connectivity index (χ2n) is 6.45. The van der Waals surface area contributed by atoms with Crippen molar-refractivity contribution in [2.45, 2.75) is 38.1 Å². The monoisotopic (exact) mass is 367 g/mol. The van der Waals surface area contributed by atoms with Crippen LogP contribution in [-0.2, 0) is 10.0 Å². The number of sulfonamides is 1. The minimum Gasteiger partial charge on any atom is -0.324 e. The number of hydrogen-bond acceptors (Lipinski definition) is 5. The average Bonchev–Trinajstić information content (AvgIpc) is 2.68. The molecule has 0 amide bonds. The third kappa shape index (κ3) is 4.66. The summed E-state index contributed by atoms with van der Waals surface area (Å²) >= 11 is 1.54. The molecule has 1 saturated heterocycles. The number of nitrogens with two attached hydrogens (primary N) is 1. The van der Waals surface area contributed by atoms with E-state index in [-0.39, 0.29) is 17.9 Å². The van der Waals surface area contributed by atoms with Crippen molar-refractivity contribution < 1.29 is 8.42 Å². The first-order valence-electron chi connectivity index (χ1n) is 7.18. The van der Waals surface area contributed by atoms with Crippen LogP contribution in [0.4, 0.5) is 0 Å². The van der Waals surface area contributed by atoms with Gasteiger partial charge in [0, 0.05) is 48.0 Å². The smallest absolute Gasteiger partial charge is 0.244 e. The van der Waals surface area contributed by atoms with Gasteiger partial charge in [-0.2, -0.15) is 4.31 Å². The van der Waals surface area contributed by atoms with Gasteiger partial charge in [-0.1, -0.05) is 0 Å². The van der Waals surface area contributed by atoms with E-state index in [4.69, 9.17) is 5.73 Å². The van der Waals surface area contributed by atoms with Gasteiger partial charge in [0.2, 0.25) is 10.0 Å². The molecule has 1 aromatic rings. The largest absolute Gasteiger partial charge is 0.324 e. The van der Waals surface area contributed by atoms with Crippen LogP contribution in [0.2, 0.25) is 0 Å². The molecule has 1 fully saturated rings. The van der Waals surface area contributed by atoms with E-state index in [1.54, 1.807) is 10.4 Å². The number of halogens is 1. The van der Waals surface area contributed by atoms with Crippen LogP contribution in [-0.4, -0.2) is 55.9 Å². The molecule has 0 radical (unpaired) electrons. The van der Waals surface area contributed by atoms with Gasteiger partial charge in [-0.15, -0.1) is 23.7 Å². The molecule has 128 valence electrons. The molecule has 5 nitrogen and oxygen atoms in total. The van der Waals surface area contributed by atoms with Crippen LogP contribution in [0.25, 0.3) is 0 Å². The number of thiophene rings is 1. The highest BCUT2D eigenvalue weighted by Crippen LogP contribution is 2.28. The van der Waals surface area contributed by atoms with E-state index in [9.17, 15) is 8.42 Å². The van der Waals surface area contributed by atoms with Gasteiger partial charge < -0.3 is 5.73 Å². The lowest BCUT2D eigenvalue weighted by Crippen LogP contribution is -2.54. The summed E-state index contributed by atoms with van der Waals surface area (Å²) in [6.07, 6.45) is 0. The fraction of sp³-hybridized carbons (Fsp3) is 0.714. The number of rotatable bonds is 4. The molecule has 8 heteroatoms. The summed E-state index contributed by atoms with van der Waals surface area (Å²) < 4.78 is 27.0. The Morgan fingerprint density at radius 3 is 2.18 bits per heavy atom. The Morgan fingerprint density at radius 2 is 1.77 bits per heavy atom. The predicted octanol–water partition coefficient (Wildman–Crippen LogP) is 1.83. The Labute approximate surface area is 143 Å². The lowest BCUT2D eigenvalue weighted by molar-refractivity contribution is 0.162. The normalized spacial score (nSPS) is 18.2. The van der Waals surface area contributed by atoms with Crippen LogP contribution in [0, 0.1) is 13.8 Å². The molecule has 0 unspecified atom stereocenters. The van der Waals surface area contributed by atoms with Crippen molar-refractivity contribution in [3.63, 3.8) is 0 Å². The first-order valence-corrected chi connectivity index (χ1v) is 9.44. The van der Waals surface area contributed by atoms with Crippen molar-refractivity contribution >= 4 is 33.8 Å². The first kappa shape index (κ1) is 19.9. The Kier molecular flexibility index (Phi) is 6.46. The van der Waals surface area contributed by atoms with Crippen LogP contribution in [0.5, 0.6) is 0 Å².